The molecule has 10 nitrogen and oxygen atoms in total. The summed E-state index contributed by atoms with van der Waals surface area (Å²) in [5, 5.41) is 23.2. The van der Waals surface area contributed by atoms with Crippen molar-refractivity contribution >= 4 is 17.8 Å². The third-order valence-electron chi connectivity index (χ3n) is 4.51. The average Bonchev–Trinajstić information content (AvgIpc) is 3.26. The molecule has 1 fully saturated rings. The van der Waals surface area contributed by atoms with E-state index in [0.717, 1.165) is 0 Å². The van der Waals surface area contributed by atoms with Gasteiger partial charge in [0.15, 0.2) is 5.82 Å². The zero-order chi connectivity index (χ0) is 19.8. The number of carboxylic acid groups (broad SMARTS) is 1. The summed E-state index contributed by atoms with van der Waals surface area (Å²) >= 11 is 0. The van der Waals surface area contributed by atoms with Crippen molar-refractivity contribution in [3.8, 4) is 0 Å². The molecule has 146 valence electrons. The molecule has 3 rings (SSSR count). The van der Waals surface area contributed by atoms with Gasteiger partial charge in [-0.2, -0.15) is 10.2 Å². The summed E-state index contributed by atoms with van der Waals surface area (Å²) < 4.78 is 7.26. The molecule has 0 saturated carbocycles. The van der Waals surface area contributed by atoms with E-state index in [9.17, 15) is 14.7 Å². The largest absolute Gasteiger partial charge is 0.465 e. The van der Waals surface area contributed by atoms with Crippen LogP contribution in [0.1, 0.15) is 49.5 Å². The Labute approximate surface area is 156 Å². The van der Waals surface area contributed by atoms with Crippen LogP contribution in [-0.2, 0) is 11.8 Å². The highest BCUT2D eigenvalue weighted by molar-refractivity contribution is 6.02. The van der Waals surface area contributed by atoms with Crippen molar-refractivity contribution in [3.63, 3.8) is 0 Å². The minimum Gasteiger partial charge on any atom is -0.465 e. The van der Waals surface area contributed by atoms with Crippen molar-refractivity contribution in [2.75, 3.05) is 11.9 Å². The average molecular weight is 376 g/mol. The molecular weight excluding hydrogens is 352 g/mol. The van der Waals surface area contributed by atoms with E-state index < -0.39 is 11.6 Å². The minimum absolute atomic E-state index is 0.247. The van der Waals surface area contributed by atoms with E-state index >= 15 is 0 Å². The van der Waals surface area contributed by atoms with E-state index in [1.807, 2.05) is 20.8 Å². The third kappa shape index (κ3) is 3.95. The van der Waals surface area contributed by atoms with E-state index in [4.69, 9.17) is 4.74 Å². The quantitative estimate of drug-likeness (QED) is 0.749. The highest BCUT2D eigenvalue weighted by Gasteiger charge is 2.39. The van der Waals surface area contributed by atoms with Crippen molar-refractivity contribution in [2.45, 2.75) is 44.9 Å². The number of anilines is 1. The molecule has 10 heteroatoms. The molecule has 2 aromatic heterocycles. The summed E-state index contributed by atoms with van der Waals surface area (Å²) in [6.45, 7) is 5.88. The normalized spacial score (nSPS) is 19.9. The first kappa shape index (κ1) is 18.9. The number of H-pyrrole nitrogens is 1. The summed E-state index contributed by atoms with van der Waals surface area (Å²) in [6, 6.07) is 3.06. The van der Waals surface area contributed by atoms with Gasteiger partial charge in [0.05, 0.1) is 18.3 Å². The number of nitrogens with one attached hydrogen (secondary N) is 2. The van der Waals surface area contributed by atoms with Gasteiger partial charge in [-0.25, -0.2) is 4.79 Å². The molecule has 0 spiro atoms. The van der Waals surface area contributed by atoms with E-state index in [-0.39, 0.29) is 18.1 Å². The lowest BCUT2D eigenvalue weighted by atomic mass is 10.0. The second kappa shape index (κ2) is 7.03. The van der Waals surface area contributed by atoms with Crippen LogP contribution in [0.15, 0.2) is 18.3 Å². The first-order chi connectivity index (χ1) is 12.7. The van der Waals surface area contributed by atoms with Crippen LogP contribution >= 0.6 is 0 Å². The van der Waals surface area contributed by atoms with Crippen molar-refractivity contribution < 1.29 is 19.4 Å². The Bertz CT molecular complexity index is 837. The predicted octanol–water partition coefficient (Wildman–Crippen LogP) is 2.00. The van der Waals surface area contributed by atoms with Crippen LogP contribution in [0.5, 0.6) is 0 Å². The van der Waals surface area contributed by atoms with Gasteiger partial charge < -0.3 is 15.2 Å². The Morgan fingerprint density at radius 1 is 1.44 bits per heavy atom. The summed E-state index contributed by atoms with van der Waals surface area (Å²) in [5.41, 5.74) is 0.585. The fourth-order valence-corrected chi connectivity index (χ4v) is 3.34. The van der Waals surface area contributed by atoms with E-state index in [1.54, 1.807) is 25.4 Å². The molecule has 3 N–H and O–H groups in total. The van der Waals surface area contributed by atoms with Crippen molar-refractivity contribution in [1.82, 2.24) is 24.9 Å². The lowest BCUT2D eigenvalue weighted by Gasteiger charge is -2.37. The summed E-state index contributed by atoms with van der Waals surface area (Å²) in [6.07, 6.45) is 0.779. The van der Waals surface area contributed by atoms with Crippen LogP contribution < -0.4 is 5.32 Å². The fraction of sp³-hybridized carbons (Fsp3) is 0.529. The van der Waals surface area contributed by atoms with Crippen LogP contribution in [0.4, 0.5) is 10.6 Å². The number of aryl methyl sites for hydroxylation is 1. The predicted molar refractivity (Wildman–Crippen MR) is 96.5 cm³/mol. The number of carbonyl (C=O) groups is 2. The van der Waals surface area contributed by atoms with E-state index in [2.05, 4.69) is 20.6 Å². The monoisotopic (exact) mass is 376 g/mol. The molecule has 0 bridgehead atoms. The van der Waals surface area contributed by atoms with Crippen molar-refractivity contribution in [3.05, 3.63) is 29.7 Å². The van der Waals surface area contributed by atoms with Gasteiger partial charge in [0.2, 0.25) is 0 Å². The molecule has 3 heterocycles. The number of rotatable bonds is 4. The highest BCUT2D eigenvalue weighted by Crippen LogP contribution is 2.34. The van der Waals surface area contributed by atoms with E-state index in [0.29, 0.717) is 30.2 Å². The molecule has 0 aromatic carbocycles. The number of carbonyl (C=O) groups excluding carboxylic acids is 1. The van der Waals surface area contributed by atoms with Crippen LogP contribution in [0, 0.1) is 0 Å². The van der Waals surface area contributed by atoms with Crippen LogP contribution in [0.25, 0.3) is 0 Å². The lowest BCUT2D eigenvalue weighted by molar-refractivity contribution is 0.0571. The smallest absolute Gasteiger partial charge is 0.408 e. The topological polar surface area (TPSA) is 125 Å². The SMILES string of the molecule is Cn1nccc1C(=O)Nc1cc([C@@H]2C[C@H](N(C(=O)O)C(C)(C)C)CO2)[nH]n1. The molecule has 27 heavy (non-hydrogen) atoms. The number of hydrogen-bond acceptors (Lipinski definition) is 5. The molecule has 1 saturated heterocycles. The Kier molecular flexibility index (Phi) is 4.92. The standard InChI is InChI=1S/C17H24N6O4/c1-17(2,3)23(16(25)26)10-7-13(27-9-10)11-8-14(21-20-11)19-15(24)12-5-6-18-22(12)4/h5-6,8,10,13H,7,9H2,1-4H3,(H,25,26)(H2,19,20,21,24)/t10-,13-/m0/s1. The zero-order valence-corrected chi connectivity index (χ0v) is 15.8. The minimum atomic E-state index is -0.967. The van der Waals surface area contributed by atoms with Gasteiger partial charge in [-0.1, -0.05) is 0 Å². The van der Waals surface area contributed by atoms with Crippen LogP contribution in [-0.4, -0.2) is 60.2 Å². The molecule has 2 amide bonds. The van der Waals surface area contributed by atoms with Gasteiger partial charge in [-0.15, -0.1) is 0 Å². The molecule has 0 unspecified atom stereocenters. The van der Waals surface area contributed by atoms with E-state index in [1.165, 1.54) is 9.58 Å². The molecule has 0 aliphatic carbocycles. The number of aromatic amines is 1. The first-order valence-corrected chi connectivity index (χ1v) is 8.65. The molecule has 2 atom stereocenters. The first-order valence-electron chi connectivity index (χ1n) is 8.65. The summed E-state index contributed by atoms with van der Waals surface area (Å²) in [7, 11) is 1.68. The molecule has 1 aliphatic heterocycles. The lowest BCUT2D eigenvalue weighted by Crippen LogP contribution is -2.51. The van der Waals surface area contributed by atoms with Crippen LogP contribution in [0.3, 0.4) is 0 Å². The van der Waals surface area contributed by atoms with Gasteiger partial charge >= 0.3 is 6.09 Å². The maximum atomic E-state index is 12.2. The van der Waals surface area contributed by atoms with Gasteiger partial charge in [0, 0.05) is 31.3 Å². The van der Waals surface area contributed by atoms with Gasteiger partial charge in [0.25, 0.3) is 5.91 Å². The van der Waals surface area contributed by atoms with Crippen LogP contribution in [0.2, 0.25) is 0 Å². The molecular formula is C17H24N6O4. The Balaban J connectivity index is 1.66. The number of nitrogens with zero attached hydrogens (tertiary/aromatic N) is 4. The Morgan fingerprint density at radius 3 is 2.78 bits per heavy atom. The molecule has 1 aliphatic rings. The van der Waals surface area contributed by atoms with Crippen molar-refractivity contribution in [2.24, 2.45) is 7.05 Å². The van der Waals surface area contributed by atoms with Gasteiger partial charge in [-0.05, 0) is 26.8 Å². The maximum Gasteiger partial charge on any atom is 0.408 e. The second-order valence-electron chi connectivity index (χ2n) is 7.54. The summed E-state index contributed by atoms with van der Waals surface area (Å²) in [5.74, 6) is 0.0530. The Hall–Kier alpha value is -2.88. The fourth-order valence-electron chi connectivity index (χ4n) is 3.34. The second-order valence-corrected chi connectivity index (χ2v) is 7.54. The van der Waals surface area contributed by atoms with Crippen molar-refractivity contribution in [1.29, 1.82) is 0 Å². The Morgan fingerprint density at radius 2 is 2.19 bits per heavy atom. The molecule has 0 radical (unpaired) electrons. The third-order valence-corrected chi connectivity index (χ3v) is 4.51. The number of aromatic nitrogens is 4. The maximum absolute atomic E-state index is 12.2. The highest BCUT2D eigenvalue weighted by atomic mass is 16.5. The number of amides is 2. The van der Waals surface area contributed by atoms with Gasteiger partial charge in [0.1, 0.15) is 11.8 Å². The number of ether oxygens (including phenoxy) is 1. The van der Waals surface area contributed by atoms with Gasteiger partial charge in [-0.3, -0.25) is 19.5 Å². The number of hydrogen-bond donors (Lipinski definition) is 3. The zero-order valence-electron chi connectivity index (χ0n) is 15.8. The molecule has 2 aromatic rings. The summed E-state index contributed by atoms with van der Waals surface area (Å²) in [4.78, 5) is 25.3.